The molecule has 0 aliphatic heterocycles. The lowest BCUT2D eigenvalue weighted by molar-refractivity contribution is 0.0927. The Balaban J connectivity index is 1.64. The second kappa shape index (κ2) is 7.62. The van der Waals surface area contributed by atoms with Crippen molar-refractivity contribution in [1.82, 2.24) is 15.3 Å². The van der Waals surface area contributed by atoms with Crippen molar-refractivity contribution in [2.45, 2.75) is 45.1 Å². The van der Waals surface area contributed by atoms with Crippen molar-refractivity contribution in [3.63, 3.8) is 0 Å². The minimum atomic E-state index is -0.104. The Labute approximate surface area is 146 Å². The second-order valence-electron chi connectivity index (χ2n) is 6.14. The van der Waals surface area contributed by atoms with Crippen LogP contribution in [0.25, 0.3) is 0 Å². The first-order chi connectivity index (χ1) is 11.6. The zero-order valence-electron chi connectivity index (χ0n) is 13.7. The van der Waals surface area contributed by atoms with Gasteiger partial charge in [0.15, 0.2) is 0 Å². The third-order valence-electron chi connectivity index (χ3n) is 4.37. The van der Waals surface area contributed by atoms with Gasteiger partial charge < -0.3 is 10.6 Å². The van der Waals surface area contributed by atoms with Gasteiger partial charge in [-0.25, -0.2) is 9.97 Å². The van der Waals surface area contributed by atoms with Crippen LogP contribution in [0.1, 0.15) is 48.0 Å². The average molecular weight is 345 g/mol. The molecule has 2 N–H and O–H groups in total. The van der Waals surface area contributed by atoms with Crippen LogP contribution in [0.5, 0.6) is 0 Å². The van der Waals surface area contributed by atoms with E-state index in [9.17, 15) is 4.79 Å². The summed E-state index contributed by atoms with van der Waals surface area (Å²) in [5.74, 6) is 0.335. The molecule has 1 amide bonds. The molecule has 2 aromatic rings. The second-order valence-corrected chi connectivity index (χ2v) is 6.55. The van der Waals surface area contributed by atoms with E-state index in [2.05, 4.69) is 20.6 Å². The topological polar surface area (TPSA) is 66.9 Å². The van der Waals surface area contributed by atoms with Crippen LogP contribution in [0.3, 0.4) is 0 Å². The fourth-order valence-electron chi connectivity index (χ4n) is 2.89. The Morgan fingerprint density at radius 3 is 2.58 bits per heavy atom. The summed E-state index contributed by atoms with van der Waals surface area (Å²) in [7, 11) is 0. The number of rotatable bonds is 4. The average Bonchev–Trinajstić information content (AvgIpc) is 2.60. The third-order valence-corrected chi connectivity index (χ3v) is 4.78. The van der Waals surface area contributed by atoms with Crippen LogP contribution in [-0.4, -0.2) is 21.9 Å². The standard InChI is InChI=1S/C18H21ClN4O/c1-12-15(19)8-5-9-16(12)23-18-20-10-13(11-21-18)17(24)22-14-6-3-2-4-7-14/h5,8-11,14H,2-4,6-7H2,1H3,(H,22,24)(H,20,21,23). The molecule has 0 radical (unpaired) electrons. The van der Waals surface area contributed by atoms with Gasteiger partial charge in [0, 0.05) is 29.1 Å². The number of carbonyl (C=O) groups excluding carboxylic acids is 1. The molecule has 1 aliphatic carbocycles. The lowest BCUT2D eigenvalue weighted by Gasteiger charge is -2.22. The number of aromatic nitrogens is 2. The van der Waals surface area contributed by atoms with Crippen LogP contribution in [0.2, 0.25) is 5.02 Å². The molecule has 1 aromatic heterocycles. The number of hydrogen-bond acceptors (Lipinski definition) is 4. The van der Waals surface area contributed by atoms with Crippen molar-refractivity contribution in [2.75, 3.05) is 5.32 Å². The molecule has 1 aromatic carbocycles. The largest absolute Gasteiger partial charge is 0.349 e. The van der Waals surface area contributed by atoms with Gasteiger partial charge >= 0.3 is 0 Å². The first-order valence-corrected chi connectivity index (χ1v) is 8.66. The molecule has 1 heterocycles. The Kier molecular flexibility index (Phi) is 5.30. The van der Waals surface area contributed by atoms with E-state index in [1.807, 2.05) is 25.1 Å². The van der Waals surface area contributed by atoms with Crippen LogP contribution in [-0.2, 0) is 0 Å². The zero-order chi connectivity index (χ0) is 16.9. The summed E-state index contributed by atoms with van der Waals surface area (Å²) >= 11 is 6.11. The van der Waals surface area contributed by atoms with Crippen LogP contribution >= 0.6 is 11.6 Å². The highest BCUT2D eigenvalue weighted by atomic mass is 35.5. The molecule has 126 valence electrons. The highest BCUT2D eigenvalue weighted by Crippen LogP contribution is 2.24. The molecule has 1 fully saturated rings. The van der Waals surface area contributed by atoms with Gasteiger partial charge in [-0.05, 0) is 37.5 Å². The van der Waals surface area contributed by atoms with E-state index in [4.69, 9.17) is 11.6 Å². The molecule has 24 heavy (non-hydrogen) atoms. The van der Waals surface area contributed by atoms with E-state index in [1.54, 1.807) is 12.4 Å². The minimum Gasteiger partial charge on any atom is -0.349 e. The van der Waals surface area contributed by atoms with Crippen molar-refractivity contribution in [1.29, 1.82) is 0 Å². The number of halogens is 1. The van der Waals surface area contributed by atoms with Gasteiger partial charge in [-0.2, -0.15) is 0 Å². The van der Waals surface area contributed by atoms with Crippen molar-refractivity contribution in [2.24, 2.45) is 0 Å². The summed E-state index contributed by atoms with van der Waals surface area (Å²) in [6.45, 7) is 1.93. The predicted octanol–water partition coefficient (Wildman–Crippen LogP) is 4.24. The van der Waals surface area contributed by atoms with Crippen LogP contribution in [0.15, 0.2) is 30.6 Å². The smallest absolute Gasteiger partial charge is 0.254 e. The molecule has 5 nitrogen and oxygen atoms in total. The zero-order valence-corrected chi connectivity index (χ0v) is 14.4. The first kappa shape index (κ1) is 16.7. The van der Waals surface area contributed by atoms with E-state index in [-0.39, 0.29) is 11.9 Å². The molecule has 0 saturated heterocycles. The molecule has 6 heteroatoms. The lowest BCUT2D eigenvalue weighted by atomic mass is 9.95. The van der Waals surface area contributed by atoms with E-state index in [1.165, 1.54) is 19.3 Å². The quantitative estimate of drug-likeness (QED) is 0.870. The van der Waals surface area contributed by atoms with E-state index in [0.29, 0.717) is 16.5 Å². The van der Waals surface area contributed by atoms with Crippen molar-refractivity contribution < 1.29 is 4.79 Å². The van der Waals surface area contributed by atoms with Gasteiger partial charge in [0.05, 0.1) is 5.56 Å². The molecule has 1 aliphatic rings. The fraction of sp³-hybridized carbons (Fsp3) is 0.389. The van der Waals surface area contributed by atoms with Gasteiger partial charge in [0.1, 0.15) is 0 Å². The van der Waals surface area contributed by atoms with E-state index < -0.39 is 0 Å². The number of nitrogens with one attached hydrogen (secondary N) is 2. The van der Waals surface area contributed by atoms with Gasteiger partial charge in [-0.1, -0.05) is 36.9 Å². The molecular weight excluding hydrogens is 324 g/mol. The van der Waals surface area contributed by atoms with Gasteiger partial charge in [-0.15, -0.1) is 0 Å². The molecule has 0 bridgehead atoms. The Morgan fingerprint density at radius 2 is 1.88 bits per heavy atom. The number of amides is 1. The summed E-state index contributed by atoms with van der Waals surface area (Å²) in [6.07, 6.45) is 8.84. The van der Waals surface area contributed by atoms with E-state index >= 15 is 0 Å². The predicted molar refractivity (Wildman–Crippen MR) is 95.8 cm³/mol. The number of benzene rings is 1. The highest BCUT2D eigenvalue weighted by Gasteiger charge is 2.17. The summed E-state index contributed by atoms with van der Waals surface area (Å²) < 4.78 is 0. The van der Waals surface area contributed by atoms with Crippen molar-refractivity contribution in [3.8, 4) is 0 Å². The van der Waals surface area contributed by atoms with Crippen molar-refractivity contribution >= 4 is 29.1 Å². The van der Waals surface area contributed by atoms with Crippen LogP contribution in [0.4, 0.5) is 11.6 Å². The normalized spacial score (nSPS) is 15.1. The Bertz CT molecular complexity index is 711. The summed E-state index contributed by atoms with van der Waals surface area (Å²) in [4.78, 5) is 20.7. The van der Waals surface area contributed by atoms with Gasteiger partial charge in [0.25, 0.3) is 5.91 Å². The fourth-order valence-corrected chi connectivity index (χ4v) is 3.06. The highest BCUT2D eigenvalue weighted by molar-refractivity contribution is 6.31. The number of anilines is 2. The van der Waals surface area contributed by atoms with Crippen LogP contribution in [0, 0.1) is 6.92 Å². The maximum absolute atomic E-state index is 12.3. The lowest BCUT2D eigenvalue weighted by Crippen LogP contribution is -2.36. The summed E-state index contributed by atoms with van der Waals surface area (Å²) in [6, 6.07) is 5.89. The van der Waals surface area contributed by atoms with Gasteiger partial charge in [0.2, 0.25) is 5.95 Å². The first-order valence-electron chi connectivity index (χ1n) is 8.28. The molecule has 0 atom stereocenters. The SMILES string of the molecule is Cc1c(Cl)cccc1Nc1ncc(C(=O)NC2CCCCC2)cn1. The maximum atomic E-state index is 12.3. The van der Waals surface area contributed by atoms with Gasteiger partial charge in [-0.3, -0.25) is 4.79 Å². The molecule has 0 spiro atoms. The van der Waals surface area contributed by atoms with Crippen molar-refractivity contribution in [3.05, 3.63) is 46.7 Å². The molecular formula is C18H21ClN4O. The number of hydrogen-bond donors (Lipinski definition) is 2. The Morgan fingerprint density at radius 1 is 1.17 bits per heavy atom. The molecule has 1 saturated carbocycles. The number of carbonyl (C=O) groups is 1. The monoisotopic (exact) mass is 344 g/mol. The summed E-state index contributed by atoms with van der Waals surface area (Å²) in [5, 5.41) is 6.87. The molecule has 0 unspecified atom stereocenters. The molecule has 3 rings (SSSR count). The Hall–Kier alpha value is -2.14. The van der Waals surface area contributed by atoms with E-state index in [0.717, 1.165) is 24.1 Å². The summed E-state index contributed by atoms with van der Waals surface area (Å²) in [5.41, 5.74) is 2.26. The number of nitrogens with zero attached hydrogens (tertiary/aromatic N) is 2. The minimum absolute atomic E-state index is 0.104. The third kappa shape index (κ3) is 4.03. The van der Waals surface area contributed by atoms with Crippen LogP contribution < -0.4 is 10.6 Å². The maximum Gasteiger partial charge on any atom is 0.254 e.